The number of benzene rings is 3. The van der Waals surface area contributed by atoms with Gasteiger partial charge in [-0.1, -0.05) is 35.9 Å². The molecule has 6 heteroatoms. The van der Waals surface area contributed by atoms with E-state index in [1.807, 2.05) is 23.1 Å². The molecule has 1 amide bonds. The number of nitrogens with zero attached hydrogens (tertiary/aromatic N) is 2. The molecule has 33 heavy (non-hydrogen) atoms. The molecule has 1 fully saturated rings. The largest absolute Gasteiger partial charge is 0.497 e. The average Bonchev–Trinajstić information content (AvgIpc) is 3.49. The van der Waals surface area contributed by atoms with E-state index < -0.39 is 0 Å². The van der Waals surface area contributed by atoms with Gasteiger partial charge >= 0.3 is 0 Å². The van der Waals surface area contributed by atoms with Crippen molar-refractivity contribution in [1.29, 1.82) is 0 Å². The Morgan fingerprint density at radius 3 is 2.48 bits per heavy atom. The van der Waals surface area contributed by atoms with Crippen molar-refractivity contribution in [3.8, 4) is 22.6 Å². The van der Waals surface area contributed by atoms with Crippen LogP contribution in [0.25, 0.3) is 22.2 Å². The van der Waals surface area contributed by atoms with Gasteiger partial charge in [0.15, 0.2) is 5.58 Å². The second-order valence-corrected chi connectivity index (χ2v) is 8.36. The van der Waals surface area contributed by atoms with Crippen LogP contribution in [0.15, 0.2) is 65.1 Å². The lowest BCUT2D eigenvalue weighted by Crippen LogP contribution is -2.30. The highest BCUT2D eigenvalue weighted by Gasteiger charge is 2.34. The van der Waals surface area contributed by atoms with Gasteiger partial charge < -0.3 is 18.8 Å². The van der Waals surface area contributed by atoms with Gasteiger partial charge in [-0.25, -0.2) is 4.98 Å². The number of aryl methyl sites for hydroxylation is 1. The number of hydrogen-bond donors (Lipinski definition) is 0. The van der Waals surface area contributed by atoms with Crippen molar-refractivity contribution < 1.29 is 18.7 Å². The Morgan fingerprint density at radius 2 is 1.76 bits per heavy atom. The summed E-state index contributed by atoms with van der Waals surface area (Å²) in [6.45, 7) is 2.73. The minimum atomic E-state index is -0.204. The van der Waals surface area contributed by atoms with Gasteiger partial charge in [0.05, 0.1) is 14.2 Å². The quantitative estimate of drug-likeness (QED) is 0.391. The fourth-order valence-corrected chi connectivity index (χ4v) is 4.46. The second-order valence-electron chi connectivity index (χ2n) is 8.36. The number of likely N-dealkylation sites (tertiary alicyclic amines) is 1. The first-order chi connectivity index (χ1) is 16.1. The summed E-state index contributed by atoms with van der Waals surface area (Å²) < 4.78 is 16.8. The third-order valence-corrected chi connectivity index (χ3v) is 6.15. The number of rotatable bonds is 5. The summed E-state index contributed by atoms with van der Waals surface area (Å²) in [6, 6.07) is 19.5. The molecule has 6 nitrogen and oxygen atoms in total. The summed E-state index contributed by atoms with van der Waals surface area (Å²) in [7, 11) is 3.15. The fourth-order valence-electron chi connectivity index (χ4n) is 4.46. The molecule has 1 saturated heterocycles. The first-order valence-electron chi connectivity index (χ1n) is 11.1. The Morgan fingerprint density at radius 1 is 1.00 bits per heavy atom. The highest BCUT2D eigenvalue weighted by Crippen LogP contribution is 2.36. The van der Waals surface area contributed by atoms with Crippen LogP contribution in [0.4, 0.5) is 0 Å². The van der Waals surface area contributed by atoms with Crippen molar-refractivity contribution in [3.63, 3.8) is 0 Å². The summed E-state index contributed by atoms with van der Waals surface area (Å²) in [5, 5.41) is 0. The zero-order valence-electron chi connectivity index (χ0n) is 19.0. The number of oxazole rings is 1. The Hall–Kier alpha value is -3.80. The van der Waals surface area contributed by atoms with Crippen LogP contribution >= 0.6 is 0 Å². The van der Waals surface area contributed by atoms with Crippen molar-refractivity contribution in [2.24, 2.45) is 0 Å². The van der Waals surface area contributed by atoms with Crippen LogP contribution in [0.2, 0.25) is 0 Å². The predicted molar refractivity (Wildman–Crippen MR) is 127 cm³/mol. The van der Waals surface area contributed by atoms with E-state index in [0.29, 0.717) is 29.5 Å². The van der Waals surface area contributed by atoms with E-state index in [1.54, 1.807) is 32.4 Å². The summed E-state index contributed by atoms with van der Waals surface area (Å²) in [6.07, 6.45) is 1.70. The maximum Gasteiger partial charge on any atom is 0.254 e. The smallest absolute Gasteiger partial charge is 0.254 e. The summed E-state index contributed by atoms with van der Waals surface area (Å²) in [4.78, 5) is 20.0. The van der Waals surface area contributed by atoms with Crippen LogP contribution in [0.1, 0.15) is 40.7 Å². The number of carbonyl (C=O) groups is 1. The Bertz CT molecular complexity index is 1300. The molecule has 0 saturated carbocycles. The lowest BCUT2D eigenvalue weighted by Gasteiger charge is -2.22. The van der Waals surface area contributed by atoms with E-state index >= 15 is 0 Å². The van der Waals surface area contributed by atoms with Crippen LogP contribution in [-0.4, -0.2) is 36.6 Å². The predicted octanol–water partition coefficient (Wildman–Crippen LogP) is 5.80. The molecule has 0 radical (unpaired) electrons. The number of aromatic nitrogens is 1. The molecule has 5 rings (SSSR count). The molecule has 0 aliphatic carbocycles. The number of fused-ring (bicyclic) bond motifs is 1. The molecule has 0 spiro atoms. The SMILES string of the molecule is COc1cc(OC)cc(C(=O)N2CCC[C@H]2c2nc3cc(-c4cccc(C)c4)ccc3o2)c1. The summed E-state index contributed by atoms with van der Waals surface area (Å²) >= 11 is 0. The molecule has 2 heterocycles. The molecule has 1 aromatic heterocycles. The van der Waals surface area contributed by atoms with E-state index in [9.17, 15) is 4.79 Å². The summed E-state index contributed by atoms with van der Waals surface area (Å²) in [5.74, 6) is 1.66. The minimum absolute atomic E-state index is 0.0857. The van der Waals surface area contributed by atoms with E-state index in [-0.39, 0.29) is 11.9 Å². The van der Waals surface area contributed by atoms with Crippen molar-refractivity contribution >= 4 is 17.0 Å². The van der Waals surface area contributed by atoms with Gasteiger partial charge in [-0.3, -0.25) is 4.79 Å². The van der Waals surface area contributed by atoms with E-state index in [2.05, 4.69) is 31.2 Å². The standard InChI is InChI=1S/C27H26N2O4/c1-17-6-4-7-18(12-17)19-9-10-25-23(15-19)28-26(33-25)24-8-5-11-29(24)27(30)20-13-21(31-2)16-22(14-20)32-3/h4,6-7,9-10,12-16,24H,5,8,11H2,1-3H3/t24-/m0/s1. The maximum absolute atomic E-state index is 13.4. The molecular formula is C27H26N2O4. The lowest BCUT2D eigenvalue weighted by molar-refractivity contribution is 0.0716. The molecule has 168 valence electrons. The normalized spacial score (nSPS) is 15.7. The zero-order chi connectivity index (χ0) is 22.9. The maximum atomic E-state index is 13.4. The van der Waals surface area contributed by atoms with Crippen LogP contribution in [0.5, 0.6) is 11.5 Å². The van der Waals surface area contributed by atoms with Crippen LogP contribution in [0, 0.1) is 6.92 Å². The molecule has 0 bridgehead atoms. The molecule has 3 aromatic carbocycles. The van der Waals surface area contributed by atoms with Gasteiger partial charge in [0.2, 0.25) is 5.89 Å². The van der Waals surface area contributed by atoms with Crippen molar-refractivity contribution in [1.82, 2.24) is 9.88 Å². The van der Waals surface area contributed by atoms with Gasteiger partial charge in [0.1, 0.15) is 23.1 Å². The minimum Gasteiger partial charge on any atom is -0.497 e. The van der Waals surface area contributed by atoms with E-state index in [0.717, 1.165) is 35.1 Å². The van der Waals surface area contributed by atoms with Crippen molar-refractivity contribution in [3.05, 3.63) is 77.7 Å². The molecule has 4 aromatic rings. The van der Waals surface area contributed by atoms with Gasteiger partial charge in [0.25, 0.3) is 5.91 Å². The highest BCUT2D eigenvalue weighted by molar-refractivity contribution is 5.95. The lowest BCUT2D eigenvalue weighted by atomic mass is 10.0. The van der Waals surface area contributed by atoms with Gasteiger partial charge in [-0.05, 0) is 55.2 Å². The Balaban J connectivity index is 1.46. The first kappa shape index (κ1) is 21.1. The number of hydrogen-bond acceptors (Lipinski definition) is 5. The number of carbonyl (C=O) groups excluding carboxylic acids is 1. The van der Waals surface area contributed by atoms with Gasteiger partial charge in [-0.15, -0.1) is 0 Å². The number of methoxy groups -OCH3 is 2. The number of amides is 1. The van der Waals surface area contributed by atoms with Crippen LogP contribution in [-0.2, 0) is 0 Å². The highest BCUT2D eigenvalue weighted by atomic mass is 16.5. The Kier molecular flexibility index (Phi) is 5.50. The fraction of sp³-hybridized carbons (Fsp3) is 0.259. The molecule has 1 atom stereocenters. The van der Waals surface area contributed by atoms with Crippen molar-refractivity contribution in [2.75, 3.05) is 20.8 Å². The van der Waals surface area contributed by atoms with Gasteiger partial charge in [-0.2, -0.15) is 0 Å². The first-order valence-corrected chi connectivity index (χ1v) is 11.1. The molecule has 0 unspecified atom stereocenters. The average molecular weight is 443 g/mol. The Labute approximate surface area is 192 Å². The van der Waals surface area contributed by atoms with Crippen LogP contribution < -0.4 is 9.47 Å². The third-order valence-electron chi connectivity index (χ3n) is 6.15. The monoisotopic (exact) mass is 442 g/mol. The summed E-state index contributed by atoms with van der Waals surface area (Å²) in [5.41, 5.74) is 5.49. The van der Waals surface area contributed by atoms with E-state index in [4.69, 9.17) is 18.9 Å². The molecule has 0 N–H and O–H groups in total. The number of ether oxygens (including phenoxy) is 2. The molecule has 1 aliphatic heterocycles. The molecular weight excluding hydrogens is 416 g/mol. The van der Waals surface area contributed by atoms with E-state index in [1.165, 1.54) is 5.56 Å². The van der Waals surface area contributed by atoms with Crippen LogP contribution in [0.3, 0.4) is 0 Å². The topological polar surface area (TPSA) is 64.8 Å². The van der Waals surface area contributed by atoms with Crippen molar-refractivity contribution in [2.45, 2.75) is 25.8 Å². The zero-order valence-corrected chi connectivity index (χ0v) is 19.0. The second kappa shape index (κ2) is 8.62. The third kappa shape index (κ3) is 4.04. The molecule has 1 aliphatic rings. The van der Waals surface area contributed by atoms with Gasteiger partial charge in [0, 0.05) is 18.2 Å².